The van der Waals surface area contributed by atoms with Gasteiger partial charge >= 0.3 is 5.97 Å². The van der Waals surface area contributed by atoms with Gasteiger partial charge in [0.05, 0.1) is 13.5 Å². The molecule has 1 heterocycles. The number of ether oxygens (including phenoxy) is 1. The molecule has 1 aliphatic rings. The van der Waals surface area contributed by atoms with Crippen LogP contribution in [0.15, 0.2) is 0 Å². The molecule has 1 aliphatic carbocycles. The normalized spacial score (nSPS) is 17.8. The quantitative estimate of drug-likeness (QED) is 0.851. The molecule has 2 N–H and O–H groups in total. The Morgan fingerprint density at radius 1 is 1.53 bits per heavy atom. The largest absolute Gasteiger partial charge is 0.464 e. The number of primary amides is 1. The predicted octanol–water partition coefficient (Wildman–Crippen LogP) is 1.47. The predicted molar refractivity (Wildman–Crippen MR) is 63.3 cm³/mol. The summed E-state index contributed by atoms with van der Waals surface area (Å²) >= 11 is 1.07. The van der Waals surface area contributed by atoms with Gasteiger partial charge in [0.15, 0.2) is 5.69 Å². The molecule has 1 aromatic heterocycles. The van der Waals surface area contributed by atoms with Gasteiger partial charge in [0.25, 0.3) is 0 Å². The van der Waals surface area contributed by atoms with Crippen LogP contribution in [0.5, 0.6) is 0 Å². The van der Waals surface area contributed by atoms with Crippen LogP contribution in [0.3, 0.4) is 0 Å². The molecular formula is C11H12F2N2O3S. The first-order valence-electron chi connectivity index (χ1n) is 5.56. The zero-order valence-corrected chi connectivity index (χ0v) is 10.9. The molecule has 0 saturated heterocycles. The van der Waals surface area contributed by atoms with Crippen molar-refractivity contribution in [3.8, 4) is 0 Å². The van der Waals surface area contributed by atoms with Gasteiger partial charge in [-0.05, 0) is 0 Å². The van der Waals surface area contributed by atoms with Gasteiger partial charge in [0.1, 0.15) is 5.01 Å². The zero-order chi connectivity index (χ0) is 14.2. The van der Waals surface area contributed by atoms with Crippen LogP contribution in [-0.2, 0) is 16.0 Å². The lowest BCUT2D eigenvalue weighted by Gasteiger charge is -2.34. The lowest BCUT2D eigenvalue weighted by atomic mass is 9.80. The lowest BCUT2D eigenvalue weighted by molar-refractivity contribution is -0.117. The minimum absolute atomic E-state index is 0.0178. The third-order valence-electron chi connectivity index (χ3n) is 2.86. The summed E-state index contributed by atoms with van der Waals surface area (Å²) in [4.78, 5) is 26.8. The maximum absolute atomic E-state index is 12.9. The summed E-state index contributed by atoms with van der Waals surface area (Å²) in [6, 6.07) is 0. The Labute approximate surface area is 111 Å². The molecule has 1 amide bonds. The molecule has 5 nitrogen and oxygen atoms in total. The molecule has 2 rings (SSSR count). The fraction of sp³-hybridized carbons (Fsp3) is 0.545. The third kappa shape index (κ3) is 2.89. The number of alkyl halides is 2. The maximum atomic E-state index is 12.9. The topological polar surface area (TPSA) is 82.3 Å². The van der Waals surface area contributed by atoms with Gasteiger partial charge < -0.3 is 10.5 Å². The maximum Gasteiger partial charge on any atom is 0.357 e. The Morgan fingerprint density at radius 2 is 2.16 bits per heavy atom. The summed E-state index contributed by atoms with van der Waals surface area (Å²) < 4.78 is 30.4. The molecule has 0 spiro atoms. The smallest absolute Gasteiger partial charge is 0.357 e. The number of nitrogens with zero attached hydrogens (tertiary/aromatic N) is 1. The first-order chi connectivity index (χ1) is 8.82. The van der Waals surface area contributed by atoms with E-state index in [1.165, 1.54) is 7.11 Å². The van der Waals surface area contributed by atoms with Gasteiger partial charge in [-0.15, -0.1) is 11.3 Å². The van der Waals surface area contributed by atoms with Crippen molar-refractivity contribution in [2.24, 2.45) is 5.73 Å². The molecule has 0 aliphatic heterocycles. The minimum atomic E-state index is -2.69. The Balaban J connectivity index is 2.27. The SMILES string of the molecule is COC(=O)c1nc(CC(N)=O)sc1C1CC(F)(F)C1. The van der Waals surface area contributed by atoms with Crippen molar-refractivity contribution in [3.05, 3.63) is 15.6 Å². The van der Waals surface area contributed by atoms with Gasteiger partial charge in [-0.25, -0.2) is 18.6 Å². The number of halogens is 2. The summed E-state index contributed by atoms with van der Waals surface area (Å²) in [5.41, 5.74) is 5.07. The van der Waals surface area contributed by atoms with Gasteiger partial charge in [-0.2, -0.15) is 0 Å². The number of nitrogens with two attached hydrogens (primary N) is 1. The number of carbonyl (C=O) groups excluding carboxylic acids is 2. The molecule has 104 valence electrons. The van der Waals surface area contributed by atoms with Crippen molar-refractivity contribution in [2.75, 3.05) is 7.11 Å². The van der Waals surface area contributed by atoms with Crippen LogP contribution >= 0.6 is 11.3 Å². The Morgan fingerprint density at radius 3 is 2.63 bits per heavy atom. The zero-order valence-electron chi connectivity index (χ0n) is 10.1. The summed E-state index contributed by atoms with van der Waals surface area (Å²) in [7, 11) is 1.19. The number of carbonyl (C=O) groups is 2. The van der Waals surface area contributed by atoms with E-state index in [2.05, 4.69) is 9.72 Å². The highest BCUT2D eigenvalue weighted by Crippen LogP contribution is 2.50. The number of rotatable bonds is 4. The second kappa shape index (κ2) is 4.84. The third-order valence-corrected chi connectivity index (χ3v) is 4.08. The molecule has 0 atom stereocenters. The minimum Gasteiger partial charge on any atom is -0.464 e. The van der Waals surface area contributed by atoms with Crippen molar-refractivity contribution in [1.29, 1.82) is 0 Å². The molecule has 0 unspecified atom stereocenters. The van der Waals surface area contributed by atoms with E-state index in [4.69, 9.17) is 5.73 Å². The van der Waals surface area contributed by atoms with E-state index in [1.807, 2.05) is 0 Å². The van der Waals surface area contributed by atoms with Crippen molar-refractivity contribution >= 4 is 23.2 Å². The molecule has 0 bridgehead atoms. The van der Waals surface area contributed by atoms with Crippen molar-refractivity contribution in [1.82, 2.24) is 4.98 Å². The van der Waals surface area contributed by atoms with Crippen molar-refractivity contribution in [3.63, 3.8) is 0 Å². The monoisotopic (exact) mass is 290 g/mol. The molecule has 0 radical (unpaired) electrons. The molecule has 1 fully saturated rings. The number of amides is 1. The number of hydrogen-bond donors (Lipinski definition) is 1. The van der Waals surface area contributed by atoms with Crippen LogP contribution in [0.1, 0.15) is 39.1 Å². The fourth-order valence-corrected chi connectivity index (χ4v) is 3.13. The molecule has 8 heteroatoms. The second-order valence-corrected chi connectivity index (χ2v) is 5.53. The average molecular weight is 290 g/mol. The van der Waals surface area contributed by atoms with Gasteiger partial charge in [0, 0.05) is 23.6 Å². The number of aromatic nitrogens is 1. The Kier molecular flexibility index (Phi) is 3.53. The number of hydrogen-bond acceptors (Lipinski definition) is 5. The highest BCUT2D eigenvalue weighted by atomic mass is 32.1. The van der Waals surface area contributed by atoms with E-state index < -0.39 is 23.7 Å². The highest BCUT2D eigenvalue weighted by molar-refractivity contribution is 7.12. The molecule has 19 heavy (non-hydrogen) atoms. The summed E-state index contributed by atoms with van der Waals surface area (Å²) in [6.45, 7) is 0. The van der Waals surface area contributed by atoms with E-state index in [0.29, 0.717) is 9.88 Å². The number of esters is 1. The Hall–Kier alpha value is -1.57. The van der Waals surface area contributed by atoms with Gasteiger partial charge in [-0.1, -0.05) is 0 Å². The van der Waals surface area contributed by atoms with Crippen molar-refractivity contribution in [2.45, 2.75) is 31.1 Å². The first-order valence-corrected chi connectivity index (χ1v) is 6.38. The number of thiazole rings is 1. The number of methoxy groups -OCH3 is 1. The van der Waals surface area contributed by atoms with Crippen LogP contribution in [-0.4, -0.2) is 29.9 Å². The first kappa shape index (κ1) is 13.9. The van der Waals surface area contributed by atoms with E-state index in [-0.39, 0.29) is 25.0 Å². The van der Waals surface area contributed by atoms with Crippen molar-refractivity contribution < 1.29 is 23.1 Å². The summed E-state index contributed by atoms with van der Waals surface area (Å²) in [6.07, 6.45) is -0.734. The molecule has 1 saturated carbocycles. The molecule has 0 aromatic carbocycles. The van der Waals surface area contributed by atoms with Crippen LogP contribution in [0.2, 0.25) is 0 Å². The molecular weight excluding hydrogens is 278 g/mol. The van der Waals surface area contributed by atoms with E-state index >= 15 is 0 Å². The van der Waals surface area contributed by atoms with E-state index in [9.17, 15) is 18.4 Å². The second-order valence-electron chi connectivity index (χ2n) is 4.42. The summed E-state index contributed by atoms with van der Waals surface area (Å²) in [5.74, 6) is -4.37. The summed E-state index contributed by atoms with van der Waals surface area (Å²) in [5, 5.41) is 0.345. The standard InChI is InChI=1S/C11H12F2N2O3S/c1-18-10(17)8-9(5-3-11(12,13)4-5)19-7(15-8)2-6(14)16/h5H,2-4H2,1H3,(H2,14,16). The van der Waals surface area contributed by atoms with Crippen LogP contribution in [0.25, 0.3) is 0 Å². The average Bonchev–Trinajstić information content (AvgIpc) is 2.67. The fourth-order valence-electron chi connectivity index (χ4n) is 1.97. The van der Waals surface area contributed by atoms with E-state index in [0.717, 1.165) is 11.3 Å². The van der Waals surface area contributed by atoms with Gasteiger partial charge in [0.2, 0.25) is 11.8 Å². The van der Waals surface area contributed by atoms with E-state index in [1.54, 1.807) is 0 Å². The van der Waals surface area contributed by atoms with Gasteiger partial charge in [-0.3, -0.25) is 4.79 Å². The van der Waals surface area contributed by atoms with Crippen LogP contribution in [0.4, 0.5) is 8.78 Å². The Bertz CT molecular complexity index is 522. The van der Waals surface area contributed by atoms with Crippen LogP contribution in [0, 0.1) is 0 Å². The van der Waals surface area contributed by atoms with Crippen LogP contribution < -0.4 is 5.73 Å². The molecule has 1 aromatic rings. The highest BCUT2D eigenvalue weighted by Gasteiger charge is 2.48. The lowest BCUT2D eigenvalue weighted by Crippen LogP contribution is -2.34.